The number of nitrogens with one attached hydrogen (secondary N) is 2. The highest BCUT2D eigenvalue weighted by Gasteiger charge is 2.02. The molecule has 0 spiro atoms. The van der Waals surface area contributed by atoms with Crippen LogP contribution in [-0.4, -0.2) is 15.0 Å². The van der Waals surface area contributed by atoms with E-state index in [1.807, 2.05) is 30.3 Å². The van der Waals surface area contributed by atoms with Crippen LogP contribution in [0, 0.1) is 13.8 Å². The Morgan fingerprint density at radius 2 is 1.83 bits per heavy atom. The van der Waals surface area contributed by atoms with Gasteiger partial charge in [0.05, 0.1) is 12.2 Å². The van der Waals surface area contributed by atoms with E-state index in [1.165, 1.54) is 11.1 Å². The number of aryl methyl sites for hydroxylation is 2. The van der Waals surface area contributed by atoms with Crippen LogP contribution in [0.25, 0.3) is 0 Å². The number of rotatable bonds is 5. The van der Waals surface area contributed by atoms with Crippen LogP contribution in [-0.2, 0) is 6.54 Å². The van der Waals surface area contributed by atoms with Crippen molar-refractivity contribution in [3.63, 3.8) is 0 Å². The third kappa shape index (κ3) is 4.03. The van der Waals surface area contributed by atoms with Crippen molar-refractivity contribution in [2.75, 3.05) is 10.6 Å². The van der Waals surface area contributed by atoms with Crippen molar-refractivity contribution in [1.82, 2.24) is 15.0 Å². The van der Waals surface area contributed by atoms with E-state index in [0.717, 1.165) is 17.2 Å². The fraction of sp³-hybridized carbons (Fsp3) is 0.167. The molecule has 2 N–H and O–H groups in total. The molecule has 23 heavy (non-hydrogen) atoms. The van der Waals surface area contributed by atoms with Crippen molar-refractivity contribution in [3.8, 4) is 0 Å². The lowest BCUT2D eigenvalue weighted by Crippen LogP contribution is -2.05. The van der Waals surface area contributed by atoms with E-state index in [2.05, 4.69) is 51.6 Å². The number of nitrogens with zero attached hydrogens (tertiary/aromatic N) is 3. The molecule has 0 saturated carbocycles. The van der Waals surface area contributed by atoms with Gasteiger partial charge in [0.2, 0.25) is 5.95 Å². The maximum Gasteiger partial charge on any atom is 0.229 e. The number of pyridine rings is 1. The van der Waals surface area contributed by atoms with Gasteiger partial charge in [0.1, 0.15) is 5.82 Å². The molecule has 0 aliphatic carbocycles. The van der Waals surface area contributed by atoms with Gasteiger partial charge < -0.3 is 10.6 Å². The first kappa shape index (κ1) is 15.0. The third-order valence-electron chi connectivity index (χ3n) is 3.60. The SMILES string of the molecule is Cc1ccc(Nc2nccc(NCc3ccccn3)n2)cc1C. The zero-order chi connectivity index (χ0) is 16.1. The van der Waals surface area contributed by atoms with E-state index >= 15 is 0 Å². The highest BCUT2D eigenvalue weighted by atomic mass is 15.1. The topological polar surface area (TPSA) is 62.7 Å². The molecule has 116 valence electrons. The van der Waals surface area contributed by atoms with Crippen LogP contribution in [0.2, 0.25) is 0 Å². The number of aromatic nitrogens is 3. The molecule has 0 bridgehead atoms. The molecule has 2 aromatic heterocycles. The average molecular weight is 305 g/mol. The van der Waals surface area contributed by atoms with Gasteiger partial charge in [-0.1, -0.05) is 12.1 Å². The minimum atomic E-state index is 0.569. The standard InChI is InChI=1S/C18H19N5/c1-13-6-7-15(11-14(13)2)22-18-20-10-8-17(23-18)21-12-16-5-3-4-9-19-16/h3-11H,12H2,1-2H3,(H2,20,21,22,23). The molecule has 0 fully saturated rings. The number of anilines is 3. The van der Waals surface area contributed by atoms with Crippen LogP contribution >= 0.6 is 0 Å². The van der Waals surface area contributed by atoms with Gasteiger partial charge >= 0.3 is 0 Å². The summed E-state index contributed by atoms with van der Waals surface area (Å²) >= 11 is 0. The van der Waals surface area contributed by atoms with Crippen LogP contribution in [0.4, 0.5) is 17.5 Å². The average Bonchev–Trinajstić information content (AvgIpc) is 2.58. The molecule has 3 aromatic rings. The fourth-order valence-corrected chi connectivity index (χ4v) is 2.15. The first-order chi connectivity index (χ1) is 11.2. The van der Waals surface area contributed by atoms with Crippen LogP contribution in [0.5, 0.6) is 0 Å². The van der Waals surface area contributed by atoms with Crippen molar-refractivity contribution >= 4 is 17.5 Å². The first-order valence-electron chi connectivity index (χ1n) is 7.52. The molecule has 2 heterocycles. The van der Waals surface area contributed by atoms with Crippen molar-refractivity contribution in [1.29, 1.82) is 0 Å². The van der Waals surface area contributed by atoms with Gasteiger partial charge in [-0.25, -0.2) is 4.98 Å². The van der Waals surface area contributed by atoms with Gasteiger partial charge in [0.25, 0.3) is 0 Å². The Labute approximate surface area is 135 Å². The lowest BCUT2D eigenvalue weighted by atomic mass is 10.1. The van der Waals surface area contributed by atoms with Gasteiger partial charge in [0, 0.05) is 18.1 Å². The van der Waals surface area contributed by atoms with Gasteiger partial charge in [-0.2, -0.15) is 4.98 Å². The van der Waals surface area contributed by atoms with Gasteiger partial charge in [-0.15, -0.1) is 0 Å². The van der Waals surface area contributed by atoms with Crippen molar-refractivity contribution in [2.45, 2.75) is 20.4 Å². The second-order valence-corrected chi connectivity index (χ2v) is 5.36. The number of hydrogen-bond acceptors (Lipinski definition) is 5. The fourth-order valence-electron chi connectivity index (χ4n) is 2.15. The summed E-state index contributed by atoms with van der Waals surface area (Å²) in [4.78, 5) is 13.0. The molecule has 0 saturated heterocycles. The second kappa shape index (κ2) is 6.87. The zero-order valence-electron chi connectivity index (χ0n) is 13.2. The predicted molar refractivity (Wildman–Crippen MR) is 92.8 cm³/mol. The lowest BCUT2D eigenvalue weighted by Gasteiger charge is -2.09. The minimum absolute atomic E-state index is 0.569. The van der Waals surface area contributed by atoms with Crippen molar-refractivity contribution < 1.29 is 0 Å². The van der Waals surface area contributed by atoms with E-state index in [-0.39, 0.29) is 0 Å². The Bertz CT molecular complexity index is 786. The Balaban J connectivity index is 1.68. The molecular weight excluding hydrogens is 286 g/mol. The van der Waals surface area contributed by atoms with Gasteiger partial charge in [-0.3, -0.25) is 4.98 Å². The summed E-state index contributed by atoms with van der Waals surface area (Å²) in [6, 6.07) is 13.9. The second-order valence-electron chi connectivity index (χ2n) is 5.36. The van der Waals surface area contributed by atoms with Gasteiger partial charge in [-0.05, 0) is 55.3 Å². The Hall–Kier alpha value is -2.95. The molecule has 5 heteroatoms. The predicted octanol–water partition coefficient (Wildman–Crippen LogP) is 3.84. The third-order valence-corrected chi connectivity index (χ3v) is 3.60. The molecule has 0 amide bonds. The monoisotopic (exact) mass is 305 g/mol. The van der Waals surface area contributed by atoms with Gasteiger partial charge in [0.15, 0.2) is 0 Å². The summed E-state index contributed by atoms with van der Waals surface area (Å²) in [5.41, 5.74) is 4.45. The minimum Gasteiger partial charge on any atom is -0.364 e. The summed E-state index contributed by atoms with van der Waals surface area (Å²) < 4.78 is 0. The largest absolute Gasteiger partial charge is 0.364 e. The number of benzene rings is 1. The van der Waals surface area contributed by atoms with Crippen LogP contribution in [0.3, 0.4) is 0 Å². The normalized spacial score (nSPS) is 10.3. The van der Waals surface area contributed by atoms with Crippen molar-refractivity contribution in [2.24, 2.45) is 0 Å². The van der Waals surface area contributed by atoms with E-state index in [9.17, 15) is 0 Å². The summed E-state index contributed by atoms with van der Waals surface area (Å²) in [5.74, 6) is 1.33. The summed E-state index contributed by atoms with van der Waals surface area (Å²) in [7, 11) is 0. The Morgan fingerprint density at radius 1 is 0.913 bits per heavy atom. The highest BCUT2D eigenvalue weighted by Crippen LogP contribution is 2.18. The molecular formula is C18H19N5. The number of hydrogen-bond donors (Lipinski definition) is 2. The van der Waals surface area contributed by atoms with Crippen molar-refractivity contribution in [3.05, 3.63) is 71.7 Å². The van der Waals surface area contributed by atoms with E-state index in [1.54, 1.807) is 12.4 Å². The molecule has 3 rings (SSSR count). The summed E-state index contributed by atoms with van der Waals surface area (Å²) in [6.45, 7) is 4.81. The lowest BCUT2D eigenvalue weighted by molar-refractivity contribution is 1.02. The molecule has 0 radical (unpaired) electrons. The zero-order valence-corrected chi connectivity index (χ0v) is 13.2. The maximum absolute atomic E-state index is 4.47. The van der Waals surface area contributed by atoms with Crippen LogP contribution in [0.1, 0.15) is 16.8 Å². The van der Waals surface area contributed by atoms with Crippen LogP contribution < -0.4 is 10.6 Å². The molecule has 0 aliphatic rings. The quantitative estimate of drug-likeness (QED) is 0.750. The van der Waals surface area contributed by atoms with E-state index in [0.29, 0.717) is 12.5 Å². The Morgan fingerprint density at radius 3 is 2.61 bits per heavy atom. The smallest absolute Gasteiger partial charge is 0.229 e. The first-order valence-corrected chi connectivity index (χ1v) is 7.52. The highest BCUT2D eigenvalue weighted by molar-refractivity contribution is 5.56. The summed E-state index contributed by atoms with van der Waals surface area (Å²) in [5, 5.41) is 6.49. The van der Waals surface area contributed by atoms with E-state index in [4.69, 9.17) is 0 Å². The molecule has 0 unspecified atom stereocenters. The molecule has 0 atom stereocenters. The molecule has 5 nitrogen and oxygen atoms in total. The molecule has 1 aromatic carbocycles. The summed E-state index contributed by atoms with van der Waals surface area (Å²) in [6.07, 6.45) is 3.51. The van der Waals surface area contributed by atoms with E-state index < -0.39 is 0 Å². The Kier molecular flexibility index (Phi) is 4.47. The maximum atomic E-state index is 4.47. The van der Waals surface area contributed by atoms with Crippen LogP contribution in [0.15, 0.2) is 54.9 Å². The molecule has 0 aliphatic heterocycles.